The Morgan fingerprint density at radius 3 is 2.43 bits per heavy atom. The van der Waals surface area contributed by atoms with Crippen molar-refractivity contribution in [3.05, 3.63) is 23.5 Å². The van der Waals surface area contributed by atoms with E-state index in [0.29, 0.717) is 13.1 Å². The molecule has 0 aliphatic carbocycles. The highest BCUT2D eigenvalue weighted by Crippen LogP contribution is 2.33. The molecule has 0 spiro atoms. The highest BCUT2D eigenvalue weighted by molar-refractivity contribution is 5.84. The molecule has 3 heterocycles. The number of carbonyl (C=O) groups is 2. The highest BCUT2D eigenvalue weighted by atomic mass is 16.5. The Kier molecular flexibility index (Phi) is 5.93. The first-order chi connectivity index (χ1) is 13.2. The van der Waals surface area contributed by atoms with Gasteiger partial charge in [-0.3, -0.25) is 14.6 Å². The quantitative estimate of drug-likeness (QED) is 0.791. The number of hydrogen-bond acceptors (Lipinski definition) is 5. The first kappa shape index (κ1) is 20.6. The summed E-state index contributed by atoms with van der Waals surface area (Å²) in [5.41, 5.74) is 2.26. The van der Waals surface area contributed by atoms with E-state index >= 15 is 0 Å². The van der Waals surface area contributed by atoms with Crippen LogP contribution in [0.2, 0.25) is 0 Å². The topological polar surface area (TPSA) is 66.0 Å². The fourth-order valence-corrected chi connectivity index (χ4v) is 4.12. The van der Waals surface area contributed by atoms with Crippen LogP contribution in [0.15, 0.2) is 12.1 Å². The minimum atomic E-state index is -0.790. The fourth-order valence-electron chi connectivity index (χ4n) is 4.12. The van der Waals surface area contributed by atoms with Crippen molar-refractivity contribution in [1.29, 1.82) is 0 Å². The van der Waals surface area contributed by atoms with Gasteiger partial charge in [0.2, 0.25) is 5.91 Å². The van der Waals surface area contributed by atoms with E-state index in [9.17, 15) is 9.59 Å². The number of rotatable bonds is 4. The molecule has 0 bridgehead atoms. The van der Waals surface area contributed by atoms with Crippen LogP contribution in [0.25, 0.3) is 0 Å². The molecule has 2 aliphatic rings. The van der Waals surface area contributed by atoms with E-state index in [2.05, 4.69) is 17.0 Å². The van der Waals surface area contributed by atoms with Crippen molar-refractivity contribution in [1.82, 2.24) is 14.8 Å². The summed E-state index contributed by atoms with van der Waals surface area (Å²) >= 11 is 0. The van der Waals surface area contributed by atoms with Gasteiger partial charge in [0.05, 0.1) is 11.7 Å². The van der Waals surface area contributed by atoms with Crippen LogP contribution in [0.4, 0.5) is 5.69 Å². The molecule has 2 saturated heterocycles. The number of aromatic nitrogens is 1. The van der Waals surface area contributed by atoms with Gasteiger partial charge in [0.15, 0.2) is 0 Å². The molecule has 7 heteroatoms. The van der Waals surface area contributed by atoms with Crippen LogP contribution in [0.3, 0.4) is 0 Å². The Morgan fingerprint density at radius 1 is 1.14 bits per heavy atom. The van der Waals surface area contributed by atoms with Crippen LogP contribution in [0.1, 0.15) is 51.0 Å². The lowest BCUT2D eigenvalue weighted by molar-refractivity contribution is -0.151. The summed E-state index contributed by atoms with van der Waals surface area (Å²) in [5, 5.41) is 0. The third-order valence-corrected chi connectivity index (χ3v) is 5.91. The van der Waals surface area contributed by atoms with Crippen molar-refractivity contribution in [2.45, 2.75) is 52.2 Å². The van der Waals surface area contributed by atoms with Crippen LogP contribution in [-0.2, 0) is 14.3 Å². The molecule has 3 rings (SSSR count). The summed E-state index contributed by atoms with van der Waals surface area (Å²) in [6.45, 7) is 10.9. The molecule has 0 N–H and O–H groups in total. The Balaban J connectivity index is 1.73. The number of anilines is 1. The van der Waals surface area contributed by atoms with Gasteiger partial charge in [-0.1, -0.05) is 0 Å². The van der Waals surface area contributed by atoms with Crippen LogP contribution in [0, 0.1) is 6.92 Å². The summed E-state index contributed by atoms with van der Waals surface area (Å²) in [6.07, 6.45) is 1.98. The van der Waals surface area contributed by atoms with Crippen molar-refractivity contribution in [2.75, 3.05) is 44.7 Å². The van der Waals surface area contributed by atoms with E-state index in [1.54, 1.807) is 14.0 Å². The number of pyridine rings is 1. The van der Waals surface area contributed by atoms with Gasteiger partial charge in [-0.2, -0.15) is 0 Å². The number of nitrogens with zero attached hydrogens (tertiary/aromatic N) is 4. The molecule has 1 atom stereocenters. The van der Waals surface area contributed by atoms with Gasteiger partial charge >= 0.3 is 0 Å². The minimum Gasteiger partial charge on any atom is -0.369 e. The lowest BCUT2D eigenvalue weighted by atomic mass is 10.1. The summed E-state index contributed by atoms with van der Waals surface area (Å²) in [4.78, 5) is 35.4. The number of likely N-dealkylation sites (tertiary alicyclic amines) is 1. The van der Waals surface area contributed by atoms with E-state index < -0.39 is 5.60 Å². The molecule has 0 unspecified atom stereocenters. The molecule has 0 radical (unpaired) electrons. The van der Waals surface area contributed by atoms with E-state index in [4.69, 9.17) is 9.72 Å². The Labute approximate surface area is 167 Å². The summed E-state index contributed by atoms with van der Waals surface area (Å²) < 4.78 is 5.34. The summed E-state index contributed by atoms with van der Waals surface area (Å²) in [7, 11) is 1.57. The number of hydrogen-bond donors (Lipinski definition) is 0. The van der Waals surface area contributed by atoms with Gasteiger partial charge in [-0.15, -0.1) is 0 Å². The molecule has 154 valence electrons. The van der Waals surface area contributed by atoms with Gasteiger partial charge in [0.25, 0.3) is 5.91 Å². The zero-order chi connectivity index (χ0) is 20.5. The molecule has 0 aromatic carbocycles. The summed E-state index contributed by atoms with van der Waals surface area (Å²) in [6, 6.07) is 4.28. The number of ether oxygens (including phenoxy) is 1. The van der Waals surface area contributed by atoms with E-state index in [-0.39, 0.29) is 17.9 Å². The predicted octanol–water partition coefficient (Wildman–Crippen LogP) is 2.15. The second-order valence-electron chi connectivity index (χ2n) is 8.26. The molecule has 2 aliphatic heterocycles. The smallest absolute Gasteiger partial charge is 0.254 e. The molecule has 2 fully saturated rings. The van der Waals surface area contributed by atoms with Gasteiger partial charge < -0.3 is 19.4 Å². The standard InChI is InChI=1S/C21H32N4O3/c1-15-13-17(14-18(22-15)19-7-6-8-25(19)16(2)26)23-9-11-24(12-10-23)20(27)21(3,4)28-5/h13-14,19H,6-12H2,1-5H3/t19-/m0/s1. The SMILES string of the molecule is COC(C)(C)C(=O)N1CCN(c2cc(C)nc([C@@H]3CCCN3C(C)=O)c2)CC1. The van der Waals surface area contributed by atoms with Crippen LogP contribution >= 0.6 is 0 Å². The number of piperazine rings is 1. The number of methoxy groups -OCH3 is 1. The van der Waals surface area contributed by atoms with Crippen molar-refractivity contribution in [3.63, 3.8) is 0 Å². The lowest BCUT2D eigenvalue weighted by Gasteiger charge is -2.39. The molecular weight excluding hydrogens is 356 g/mol. The van der Waals surface area contributed by atoms with E-state index in [0.717, 1.165) is 49.6 Å². The van der Waals surface area contributed by atoms with E-state index in [1.807, 2.05) is 30.6 Å². The van der Waals surface area contributed by atoms with Crippen molar-refractivity contribution >= 4 is 17.5 Å². The monoisotopic (exact) mass is 388 g/mol. The summed E-state index contributed by atoms with van der Waals surface area (Å²) in [5.74, 6) is 0.143. The predicted molar refractivity (Wildman–Crippen MR) is 108 cm³/mol. The second-order valence-corrected chi connectivity index (χ2v) is 8.26. The zero-order valence-corrected chi connectivity index (χ0v) is 17.7. The average Bonchev–Trinajstić information content (AvgIpc) is 3.17. The Morgan fingerprint density at radius 2 is 1.82 bits per heavy atom. The van der Waals surface area contributed by atoms with Crippen LogP contribution in [-0.4, -0.2) is 72.0 Å². The fraction of sp³-hybridized carbons (Fsp3) is 0.667. The van der Waals surface area contributed by atoms with Gasteiger partial charge in [0, 0.05) is 58.1 Å². The first-order valence-corrected chi connectivity index (χ1v) is 10.1. The maximum absolute atomic E-state index is 12.6. The largest absolute Gasteiger partial charge is 0.369 e. The maximum Gasteiger partial charge on any atom is 0.254 e. The third-order valence-electron chi connectivity index (χ3n) is 5.91. The lowest BCUT2D eigenvalue weighted by Crippen LogP contribution is -2.54. The number of aryl methyl sites for hydroxylation is 1. The molecule has 1 aromatic rings. The normalized spacial score (nSPS) is 20.6. The second kappa shape index (κ2) is 8.07. The van der Waals surface area contributed by atoms with Crippen molar-refractivity contribution in [2.24, 2.45) is 0 Å². The molecule has 2 amide bonds. The maximum atomic E-state index is 12.6. The number of carbonyl (C=O) groups excluding carboxylic acids is 2. The third kappa shape index (κ3) is 4.14. The van der Waals surface area contributed by atoms with Crippen molar-refractivity contribution < 1.29 is 14.3 Å². The molecule has 7 nitrogen and oxygen atoms in total. The molecular formula is C21H32N4O3. The van der Waals surface area contributed by atoms with Gasteiger partial charge in [-0.25, -0.2) is 0 Å². The van der Waals surface area contributed by atoms with Crippen LogP contribution < -0.4 is 4.90 Å². The molecule has 28 heavy (non-hydrogen) atoms. The van der Waals surface area contributed by atoms with E-state index in [1.165, 1.54) is 0 Å². The Bertz CT molecular complexity index is 741. The van der Waals surface area contributed by atoms with Gasteiger partial charge in [0.1, 0.15) is 5.60 Å². The van der Waals surface area contributed by atoms with Crippen LogP contribution in [0.5, 0.6) is 0 Å². The van der Waals surface area contributed by atoms with Crippen molar-refractivity contribution in [3.8, 4) is 0 Å². The highest BCUT2D eigenvalue weighted by Gasteiger charge is 2.34. The first-order valence-electron chi connectivity index (χ1n) is 10.1. The molecule has 0 saturated carbocycles. The minimum absolute atomic E-state index is 0.0318. The Hall–Kier alpha value is -2.15. The van der Waals surface area contributed by atoms with Gasteiger partial charge in [-0.05, 0) is 45.7 Å². The zero-order valence-electron chi connectivity index (χ0n) is 17.7. The average molecular weight is 389 g/mol. The number of amides is 2. The molecule has 1 aromatic heterocycles.